The highest BCUT2D eigenvalue weighted by Crippen LogP contribution is 2.22. The molecule has 0 radical (unpaired) electrons. The summed E-state index contributed by atoms with van der Waals surface area (Å²) in [5, 5.41) is 111. The van der Waals surface area contributed by atoms with Gasteiger partial charge in [0, 0.05) is 0 Å². The van der Waals surface area contributed by atoms with Crippen LogP contribution in [0, 0.1) is 0 Å². The third-order valence-corrected chi connectivity index (χ3v) is 9.73. The Kier molecular flexibility index (Phi) is 27.1. The molecule has 2 atom stereocenters. The summed E-state index contributed by atoms with van der Waals surface area (Å²) < 4.78 is 29.0. The number of esters is 6. The zero-order valence-corrected chi connectivity index (χ0v) is 41.1. The van der Waals surface area contributed by atoms with Gasteiger partial charge in [-0.05, 0) is 72.8 Å². The minimum Gasteiger partial charge on any atom is -0.507 e. The van der Waals surface area contributed by atoms with Crippen molar-refractivity contribution >= 4 is 35.8 Å². The third kappa shape index (κ3) is 21.1. The van der Waals surface area contributed by atoms with Crippen LogP contribution < -0.4 is 0 Å². The fraction of sp³-hybridized carbons (Fsp3) is 0.222. The van der Waals surface area contributed by atoms with Gasteiger partial charge >= 0.3 is 35.8 Å². The van der Waals surface area contributed by atoms with E-state index in [-0.39, 0.29) is 74.5 Å². The first-order valence-corrected chi connectivity index (χ1v) is 22.9. The maximum absolute atomic E-state index is 11.9. The number of hydrogen-bond acceptors (Lipinski definition) is 24. The van der Waals surface area contributed by atoms with Gasteiger partial charge in [0.05, 0.1) is 26.4 Å². The maximum Gasteiger partial charge on any atom is 0.342 e. The highest BCUT2D eigenvalue weighted by molar-refractivity contribution is 5.95. The van der Waals surface area contributed by atoms with Crippen molar-refractivity contribution in [3.63, 3.8) is 0 Å². The highest BCUT2D eigenvalue weighted by Gasteiger charge is 2.22. The van der Waals surface area contributed by atoms with Crippen LogP contribution in [0.5, 0.6) is 34.5 Å². The van der Waals surface area contributed by atoms with Crippen molar-refractivity contribution in [3.05, 3.63) is 179 Å². The molecule has 12 N–H and O–H groups in total. The van der Waals surface area contributed by atoms with E-state index in [1.165, 1.54) is 72.8 Å². The zero-order valence-electron chi connectivity index (χ0n) is 41.1. The van der Waals surface area contributed by atoms with E-state index >= 15 is 0 Å². The van der Waals surface area contributed by atoms with Crippen LogP contribution in [0.25, 0.3) is 0 Å². The van der Waals surface area contributed by atoms with Gasteiger partial charge < -0.3 is 89.7 Å². The molecule has 0 aromatic heterocycles. The molecule has 0 saturated carbocycles. The minimum absolute atomic E-state index is 0.00407. The Morgan fingerprint density at radius 3 is 0.756 bits per heavy atom. The highest BCUT2D eigenvalue weighted by atomic mass is 16.6. The molecule has 6 rings (SSSR count). The molecule has 0 amide bonds. The normalized spacial score (nSPS) is 11.1. The Bertz CT molecular complexity index is 2800. The monoisotopic (exact) mass is 1090 g/mol. The van der Waals surface area contributed by atoms with E-state index in [0.29, 0.717) is 0 Å². The lowest BCUT2D eigenvalue weighted by atomic mass is 10.2. The van der Waals surface area contributed by atoms with Crippen molar-refractivity contribution in [2.45, 2.75) is 24.4 Å². The van der Waals surface area contributed by atoms with Gasteiger partial charge in [0.25, 0.3) is 0 Å². The van der Waals surface area contributed by atoms with Crippen LogP contribution in [-0.4, -0.2) is 174 Å². The third-order valence-electron chi connectivity index (χ3n) is 9.73. The summed E-state index contributed by atoms with van der Waals surface area (Å²) in [5.74, 6) is -6.14. The topological polar surface area (TPSA) is 401 Å². The lowest BCUT2D eigenvalue weighted by molar-refractivity contribution is -0.0172. The Hall–Kier alpha value is -9.30. The molecular weight excluding hydrogens is 1030 g/mol. The molecule has 6 aromatic carbocycles. The number of phenols is 6. The van der Waals surface area contributed by atoms with Gasteiger partial charge in [-0.1, -0.05) is 72.8 Å². The van der Waals surface area contributed by atoms with Gasteiger partial charge in [0.1, 0.15) is 113 Å². The fourth-order valence-electron chi connectivity index (χ4n) is 5.66. The molecule has 0 aliphatic carbocycles. The first-order chi connectivity index (χ1) is 37.3. The van der Waals surface area contributed by atoms with Gasteiger partial charge in [-0.3, -0.25) is 0 Å². The standard InChI is InChI=1S/2C17H16O7.2C10H12O5/c18-11(9-23-16(21)12-5-1-3-7-14(12)19)10-24-17(22)13-6-2-4-8-15(13)20;18-9-11(24-17(22)13-6-2-4-8-15(13)20)10-23-16(21)12-5-1-3-7-14(12)19;11-5-7(12)6-15-10(14)8-3-1-2-4-9(8)13;11-5-7(6-12)15-10(14)8-3-1-2-4-9(8)13/h2*1-8,11,18-20H,9-10H2;2*1-4,7,11-13H,5-6H2. The number of phenolic OH excluding ortho intramolecular Hbond substituents is 6. The molecule has 6 aromatic rings. The first kappa shape index (κ1) is 63.0. The molecule has 0 aliphatic heterocycles. The summed E-state index contributed by atoms with van der Waals surface area (Å²) in [6.45, 7) is -3.51. The molecule has 0 saturated heterocycles. The van der Waals surface area contributed by atoms with Crippen LogP contribution in [0.3, 0.4) is 0 Å². The van der Waals surface area contributed by atoms with Crippen molar-refractivity contribution in [2.75, 3.05) is 52.9 Å². The van der Waals surface area contributed by atoms with E-state index in [1.807, 2.05) is 0 Å². The minimum atomic E-state index is -1.24. The molecule has 0 heterocycles. The Morgan fingerprint density at radius 1 is 0.295 bits per heavy atom. The van der Waals surface area contributed by atoms with E-state index in [2.05, 4.69) is 4.74 Å². The zero-order chi connectivity index (χ0) is 57.6. The second-order valence-corrected chi connectivity index (χ2v) is 15.6. The van der Waals surface area contributed by atoms with Gasteiger partial charge in [-0.15, -0.1) is 0 Å². The van der Waals surface area contributed by atoms with Crippen LogP contribution in [0.4, 0.5) is 0 Å². The van der Waals surface area contributed by atoms with Crippen molar-refractivity contribution in [1.29, 1.82) is 0 Å². The van der Waals surface area contributed by atoms with Crippen LogP contribution in [0.2, 0.25) is 0 Å². The number of benzene rings is 6. The quantitative estimate of drug-likeness (QED) is 0.0386. The first-order valence-electron chi connectivity index (χ1n) is 22.9. The average Bonchev–Trinajstić information content (AvgIpc) is 3.44. The van der Waals surface area contributed by atoms with Crippen molar-refractivity contribution < 1.29 is 118 Å². The number of para-hydroxylation sites is 6. The molecule has 0 fully saturated rings. The number of carbonyl (C=O) groups is 6. The van der Waals surface area contributed by atoms with Gasteiger partial charge in [0.15, 0.2) is 6.10 Å². The summed E-state index contributed by atoms with van der Waals surface area (Å²) in [5.41, 5.74) is -0.136. The molecule has 0 bridgehead atoms. The summed E-state index contributed by atoms with van der Waals surface area (Å²) in [6, 6.07) is 35.0. The van der Waals surface area contributed by atoms with Crippen molar-refractivity contribution in [1.82, 2.24) is 0 Å². The summed E-state index contributed by atoms with van der Waals surface area (Å²) >= 11 is 0. The number of hydrogen-bond donors (Lipinski definition) is 12. The lowest BCUT2D eigenvalue weighted by Gasteiger charge is -2.16. The Balaban J connectivity index is 0.000000280. The largest absolute Gasteiger partial charge is 0.507 e. The van der Waals surface area contributed by atoms with Crippen molar-refractivity contribution in [2.24, 2.45) is 0 Å². The van der Waals surface area contributed by atoms with Crippen LogP contribution in [-0.2, 0) is 28.4 Å². The average molecular weight is 1090 g/mol. The maximum atomic E-state index is 11.9. The molecule has 2 unspecified atom stereocenters. The number of carbonyl (C=O) groups excluding carboxylic acids is 6. The molecular formula is C54H56O24. The summed E-state index contributed by atoms with van der Waals surface area (Å²) in [4.78, 5) is 70.0. The molecule has 78 heavy (non-hydrogen) atoms. The number of aliphatic hydroxyl groups excluding tert-OH is 6. The smallest absolute Gasteiger partial charge is 0.342 e. The lowest BCUT2D eigenvalue weighted by Crippen LogP contribution is -2.28. The molecule has 24 nitrogen and oxygen atoms in total. The number of ether oxygens (including phenoxy) is 6. The SMILES string of the molecule is O=C(OC(CO)CO)c1ccccc1O.O=C(OCC(CO)OC(=O)c1ccccc1O)c1ccccc1O.O=C(OCC(O)CO)c1ccccc1O.O=C(OCC(O)COC(=O)c1ccccc1O)c1ccccc1O. The molecule has 416 valence electrons. The van der Waals surface area contributed by atoms with Gasteiger partial charge in [0.2, 0.25) is 0 Å². The van der Waals surface area contributed by atoms with Gasteiger partial charge in [-0.2, -0.15) is 0 Å². The van der Waals surface area contributed by atoms with Crippen LogP contribution in [0.15, 0.2) is 146 Å². The summed E-state index contributed by atoms with van der Waals surface area (Å²) in [6.07, 6.45) is -4.40. The van der Waals surface area contributed by atoms with Crippen LogP contribution >= 0.6 is 0 Å². The number of rotatable bonds is 20. The second kappa shape index (κ2) is 33.6. The fourth-order valence-corrected chi connectivity index (χ4v) is 5.66. The number of aromatic hydroxyl groups is 6. The molecule has 0 aliphatic rings. The predicted octanol–water partition coefficient (Wildman–Crippen LogP) is 2.75. The van der Waals surface area contributed by atoms with Gasteiger partial charge in [-0.25, -0.2) is 28.8 Å². The summed E-state index contributed by atoms with van der Waals surface area (Å²) in [7, 11) is 0. The second-order valence-electron chi connectivity index (χ2n) is 15.6. The van der Waals surface area contributed by atoms with E-state index in [9.17, 15) is 69.6 Å². The van der Waals surface area contributed by atoms with Crippen LogP contribution in [0.1, 0.15) is 62.1 Å². The van der Waals surface area contributed by atoms with E-state index in [1.54, 1.807) is 72.8 Å². The van der Waals surface area contributed by atoms with E-state index in [4.69, 9.17) is 44.1 Å². The predicted molar refractivity (Wildman–Crippen MR) is 269 cm³/mol. The van der Waals surface area contributed by atoms with E-state index in [0.717, 1.165) is 0 Å². The Morgan fingerprint density at radius 2 is 0.513 bits per heavy atom. The Labute approximate surface area is 443 Å². The number of aliphatic hydroxyl groups is 6. The van der Waals surface area contributed by atoms with E-state index < -0.39 is 106 Å². The molecule has 0 spiro atoms. The van der Waals surface area contributed by atoms with Crippen molar-refractivity contribution in [3.8, 4) is 34.5 Å². The molecule has 24 heteroatoms.